The summed E-state index contributed by atoms with van der Waals surface area (Å²) in [6, 6.07) is 3.65. The van der Waals surface area contributed by atoms with Gasteiger partial charge in [-0.05, 0) is 43.9 Å². The Morgan fingerprint density at radius 1 is 1.15 bits per heavy atom. The van der Waals surface area contributed by atoms with Gasteiger partial charge in [-0.25, -0.2) is 13.6 Å². The van der Waals surface area contributed by atoms with E-state index in [0.29, 0.717) is 12.8 Å². The first-order valence-electron chi connectivity index (χ1n) is 7.92. The summed E-state index contributed by atoms with van der Waals surface area (Å²) >= 11 is 5.76. The van der Waals surface area contributed by atoms with Crippen molar-refractivity contribution < 1.29 is 27.5 Å². The average Bonchev–Trinajstić information content (AvgIpc) is 3.01. The van der Waals surface area contributed by atoms with Crippen molar-refractivity contribution in [2.45, 2.75) is 49.0 Å². The Morgan fingerprint density at radius 2 is 1.77 bits per heavy atom. The lowest BCUT2D eigenvalue weighted by Crippen LogP contribution is -2.45. The van der Waals surface area contributed by atoms with Gasteiger partial charge in [0.1, 0.15) is 4.90 Å². The third-order valence-corrected chi connectivity index (χ3v) is 5.68. The van der Waals surface area contributed by atoms with E-state index in [9.17, 15) is 22.8 Å². The van der Waals surface area contributed by atoms with Gasteiger partial charge in [0.15, 0.2) is 11.4 Å². The molecule has 1 aromatic rings. The SMILES string of the molecule is NC(=O)C1(OC(=O)CCC(=O)c2ccc(Cl)c(S(N)(=O)=O)c2)CCCC1. The fourth-order valence-corrected chi connectivity index (χ4v) is 3.94. The number of primary sulfonamides is 1. The molecule has 1 aliphatic rings. The van der Waals surface area contributed by atoms with Crippen molar-refractivity contribution in [3.63, 3.8) is 0 Å². The van der Waals surface area contributed by atoms with E-state index in [0.717, 1.165) is 18.9 Å². The van der Waals surface area contributed by atoms with E-state index < -0.39 is 33.3 Å². The van der Waals surface area contributed by atoms with Crippen LogP contribution >= 0.6 is 11.6 Å². The van der Waals surface area contributed by atoms with Crippen LogP contribution in [0.1, 0.15) is 48.9 Å². The van der Waals surface area contributed by atoms with Crippen LogP contribution in [0.3, 0.4) is 0 Å². The molecular formula is C16H19ClN2O6S. The fourth-order valence-electron chi connectivity index (χ4n) is 2.87. The Kier molecular flexibility index (Phi) is 6.05. The lowest BCUT2D eigenvalue weighted by Gasteiger charge is -2.25. The number of carbonyl (C=O) groups excluding carboxylic acids is 3. The van der Waals surface area contributed by atoms with E-state index in [1.807, 2.05) is 0 Å². The van der Waals surface area contributed by atoms with Crippen molar-refractivity contribution in [3.8, 4) is 0 Å². The summed E-state index contributed by atoms with van der Waals surface area (Å²) in [6.45, 7) is 0. The second kappa shape index (κ2) is 7.73. The van der Waals surface area contributed by atoms with Crippen LogP contribution in [0.15, 0.2) is 23.1 Å². The Balaban J connectivity index is 2.03. The van der Waals surface area contributed by atoms with Gasteiger partial charge in [0.25, 0.3) is 5.91 Å². The molecule has 1 fully saturated rings. The minimum absolute atomic E-state index is 0.0525. The molecule has 1 aliphatic carbocycles. The molecule has 26 heavy (non-hydrogen) atoms. The highest BCUT2D eigenvalue weighted by Crippen LogP contribution is 2.33. The topological polar surface area (TPSA) is 147 Å². The smallest absolute Gasteiger partial charge is 0.307 e. The first kappa shape index (κ1) is 20.3. The Bertz CT molecular complexity index is 846. The summed E-state index contributed by atoms with van der Waals surface area (Å²) in [5.41, 5.74) is 4.10. The first-order chi connectivity index (χ1) is 12.0. The summed E-state index contributed by atoms with van der Waals surface area (Å²) < 4.78 is 28.1. The van der Waals surface area contributed by atoms with E-state index in [4.69, 9.17) is 27.2 Å². The summed E-state index contributed by atoms with van der Waals surface area (Å²) in [5, 5.41) is 4.94. The van der Waals surface area contributed by atoms with Gasteiger partial charge >= 0.3 is 5.97 Å². The summed E-state index contributed by atoms with van der Waals surface area (Å²) in [5.74, 6) is -1.88. The Hall–Kier alpha value is -1.97. The predicted molar refractivity (Wildman–Crippen MR) is 92.9 cm³/mol. The molecule has 0 unspecified atom stereocenters. The van der Waals surface area contributed by atoms with Gasteiger partial charge in [-0.1, -0.05) is 11.6 Å². The summed E-state index contributed by atoms with van der Waals surface area (Å²) in [4.78, 5) is 35.4. The summed E-state index contributed by atoms with van der Waals surface area (Å²) in [7, 11) is -4.08. The maximum Gasteiger partial charge on any atom is 0.307 e. The lowest BCUT2D eigenvalue weighted by atomic mass is 10.0. The molecule has 142 valence electrons. The van der Waals surface area contributed by atoms with Gasteiger partial charge in [0.05, 0.1) is 11.4 Å². The molecule has 4 N–H and O–H groups in total. The number of ether oxygens (including phenoxy) is 1. The largest absolute Gasteiger partial charge is 0.449 e. The van der Waals surface area contributed by atoms with Crippen molar-refractivity contribution in [1.29, 1.82) is 0 Å². The number of hydrogen-bond acceptors (Lipinski definition) is 6. The molecule has 1 saturated carbocycles. The maximum atomic E-state index is 12.2. The minimum Gasteiger partial charge on any atom is -0.449 e. The number of primary amides is 1. The van der Waals surface area contributed by atoms with Gasteiger partial charge in [0.2, 0.25) is 10.0 Å². The molecule has 0 atom stereocenters. The highest BCUT2D eigenvalue weighted by molar-refractivity contribution is 7.89. The molecule has 0 saturated heterocycles. The quantitative estimate of drug-likeness (QED) is 0.518. The minimum atomic E-state index is -4.08. The second-order valence-electron chi connectivity index (χ2n) is 6.15. The first-order valence-corrected chi connectivity index (χ1v) is 9.85. The molecule has 2 rings (SSSR count). The fraction of sp³-hybridized carbons (Fsp3) is 0.438. The zero-order chi connectivity index (χ0) is 19.5. The number of rotatable bonds is 7. The van der Waals surface area contributed by atoms with Crippen LogP contribution in [0.2, 0.25) is 5.02 Å². The van der Waals surface area contributed by atoms with Crippen molar-refractivity contribution >= 4 is 39.3 Å². The third kappa shape index (κ3) is 4.60. The van der Waals surface area contributed by atoms with Crippen LogP contribution in [0.4, 0.5) is 0 Å². The van der Waals surface area contributed by atoms with Crippen LogP contribution in [0, 0.1) is 0 Å². The average molecular weight is 403 g/mol. The highest BCUT2D eigenvalue weighted by atomic mass is 35.5. The van der Waals surface area contributed by atoms with Crippen LogP contribution in [0.25, 0.3) is 0 Å². The molecule has 0 bridgehead atoms. The Labute approximate surface area is 155 Å². The number of ketones is 1. The number of amides is 1. The van der Waals surface area contributed by atoms with E-state index in [2.05, 4.69) is 0 Å². The van der Waals surface area contributed by atoms with Gasteiger partial charge in [-0.15, -0.1) is 0 Å². The number of Topliss-reactive ketones (excluding diaryl/α,β-unsaturated/α-hetero) is 1. The second-order valence-corrected chi connectivity index (χ2v) is 8.09. The predicted octanol–water partition coefficient (Wildman–Crippen LogP) is 1.29. The lowest BCUT2D eigenvalue weighted by molar-refractivity contribution is -0.166. The van der Waals surface area contributed by atoms with Crippen molar-refractivity contribution in [1.82, 2.24) is 0 Å². The highest BCUT2D eigenvalue weighted by Gasteiger charge is 2.43. The molecule has 10 heteroatoms. The Morgan fingerprint density at radius 3 is 2.31 bits per heavy atom. The standard InChI is InChI=1S/C16H19ClN2O6S/c17-11-4-3-10(9-13(11)26(19,23)24)12(20)5-6-14(21)25-16(15(18)22)7-1-2-8-16/h3-4,9H,1-2,5-8H2,(H2,18,22)(H2,19,23,24). The van der Waals surface area contributed by atoms with E-state index in [-0.39, 0.29) is 28.3 Å². The van der Waals surface area contributed by atoms with Crippen molar-refractivity contribution in [2.75, 3.05) is 0 Å². The maximum absolute atomic E-state index is 12.2. The number of carbonyl (C=O) groups is 3. The molecule has 0 heterocycles. The number of nitrogens with two attached hydrogens (primary N) is 2. The van der Waals surface area contributed by atoms with Gasteiger partial charge in [0, 0.05) is 12.0 Å². The molecule has 0 aliphatic heterocycles. The zero-order valence-corrected chi connectivity index (χ0v) is 15.4. The molecule has 8 nitrogen and oxygen atoms in total. The van der Waals surface area contributed by atoms with Crippen molar-refractivity contribution in [2.24, 2.45) is 10.9 Å². The van der Waals surface area contributed by atoms with Crippen LogP contribution in [-0.2, 0) is 24.3 Å². The third-order valence-electron chi connectivity index (χ3n) is 4.29. The number of sulfonamides is 1. The monoisotopic (exact) mass is 402 g/mol. The van der Waals surface area contributed by atoms with E-state index in [1.54, 1.807) is 0 Å². The zero-order valence-electron chi connectivity index (χ0n) is 13.9. The van der Waals surface area contributed by atoms with Crippen molar-refractivity contribution in [3.05, 3.63) is 28.8 Å². The summed E-state index contributed by atoms with van der Waals surface area (Å²) in [6.07, 6.45) is 1.72. The van der Waals surface area contributed by atoms with Gasteiger partial charge in [-0.2, -0.15) is 0 Å². The molecule has 0 aromatic heterocycles. The normalized spacial score (nSPS) is 16.2. The van der Waals surface area contributed by atoms with Crippen LogP contribution in [-0.4, -0.2) is 31.7 Å². The molecule has 1 amide bonds. The van der Waals surface area contributed by atoms with Gasteiger partial charge < -0.3 is 10.5 Å². The molecule has 0 spiro atoms. The number of hydrogen-bond donors (Lipinski definition) is 2. The molecule has 0 radical (unpaired) electrons. The number of esters is 1. The number of halogens is 1. The van der Waals surface area contributed by atoms with Gasteiger partial charge in [-0.3, -0.25) is 14.4 Å². The molecular weight excluding hydrogens is 384 g/mol. The number of benzene rings is 1. The van der Waals surface area contributed by atoms with Crippen LogP contribution < -0.4 is 10.9 Å². The van der Waals surface area contributed by atoms with Crippen LogP contribution in [0.5, 0.6) is 0 Å². The van der Waals surface area contributed by atoms with E-state index >= 15 is 0 Å². The van der Waals surface area contributed by atoms with E-state index in [1.165, 1.54) is 12.1 Å². The molecule has 1 aromatic carbocycles.